The van der Waals surface area contributed by atoms with Crippen molar-refractivity contribution < 1.29 is 0 Å². The quantitative estimate of drug-likeness (QED) is 0.722. The van der Waals surface area contributed by atoms with Gasteiger partial charge in [-0.1, -0.05) is 23.2 Å². The molecule has 0 unspecified atom stereocenters. The lowest BCUT2D eigenvalue weighted by Crippen LogP contribution is -1.95. The first-order chi connectivity index (χ1) is 4.72. The van der Waals surface area contributed by atoms with E-state index < -0.39 is 0 Å². The van der Waals surface area contributed by atoms with Gasteiger partial charge in [-0.05, 0) is 23.8 Å². The van der Waals surface area contributed by atoms with Crippen molar-refractivity contribution in [3.05, 3.63) is 33.8 Å². The highest BCUT2D eigenvalue weighted by molar-refractivity contribution is 6.34. The lowest BCUT2D eigenvalue weighted by Gasteiger charge is -1.97. The van der Waals surface area contributed by atoms with E-state index in [0.29, 0.717) is 16.6 Å². The molecule has 0 bridgehead atoms. The third-order valence-corrected chi connectivity index (χ3v) is 1.59. The first-order valence-electron chi connectivity index (χ1n) is 2.87. The Hall–Kier alpha value is 0.0500. The summed E-state index contributed by atoms with van der Waals surface area (Å²) in [6.07, 6.45) is 0. The van der Waals surface area contributed by atoms with Crippen molar-refractivity contribution in [2.75, 3.05) is 0 Å². The van der Waals surface area contributed by atoms with Crippen LogP contribution >= 0.6 is 35.6 Å². The van der Waals surface area contributed by atoms with Crippen LogP contribution in [-0.4, -0.2) is 0 Å². The summed E-state index contributed by atoms with van der Waals surface area (Å²) in [6.45, 7) is 0.472. The molecule has 11 heavy (non-hydrogen) atoms. The number of benzene rings is 1. The summed E-state index contributed by atoms with van der Waals surface area (Å²) in [6, 6.07) is 5.28. The maximum Gasteiger partial charge on any atom is 0.0424 e. The zero-order valence-electron chi connectivity index (χ0n) is 5.68. The van der Waals surface area contributed by atoms with Crippen LogP contribution < -0.4 is 5.73 Å². The van der Waals surface area contributed by atoms with Gasteiger partial charge in [-0.3, -0.25) is 0 Å². The third kappa shape index (κ3) is 3.30. The Balaban J connectivity index is 0.000001000. The second-order valence-electron chi connectivity index (χ2n) is 1.98. The topological polar surface area (TPSA) is 26.0 Å². The van der Waals surface area contributed by atoms with E-state index in [1.54, 1.807) is 18.2 Å². The molecule has 0 saturated carbocycles. The van der Waals surface area contributed by atoms with E-state index in [1.807, 2.05) is 0 Å². The molecule has 0 aromatic heterocycles. The summed E-state index contributed by atoms with van der Waals surface area (Å²) in [4.78, 5) is 0. The molecule has 0 aliphatic rings. The van der Waals surface area contributed by atoms with Crippen molar-refractivity contribution in [3.8, 4) is 0 Å². The highest BCUT2D eigenvalue weighted by Crippen LogP contribution is 2.18. The van der Waals surface area contributed by atoms with Crippen LogP contribution in [0.5, 0.6) is 0 Å². The van der Waals surface area contributed by atoms with Crippen LogP contribution in [0.15, 0.2) is 18.2 Å². The van der Waals surface area contributed by atoms with Gasteiger partial charge >= 0.3 is 0 Å². The van der Waals surface area contributed by atoms with E-state index in [-0.39, 0.29) is 12.4 Å². The summed E-state index contributed by atoms with van der Waals surface area (Å²) in [7, 11) is 0. The van der Waals surface area contributed by atoms with Crippen molar-refractivity contribution in [3.63, 3.8) is 0 Å². The second kappa shape index (κ2) is 4.83. The van der Waals surface area contributed by atoms with Crippen molar-refractivity contribution in [1.29, 1.82) is 0 Å². The molecule has 0 aliphatic carbocycles. The molecule has 1 nitrogen and oxygen atoms in total. The highest BCUT2D eigenvalue weighted by Gasteiger charge is 1.94. The number of hydrogen-bond acceptors (Lipinski definition) is 1. The molecule has 2 N–H and O–H groups in total. The first-order valence-corrected chi connectivity index (χ1v) is 3.63. The van der Waals surface area contributed by atoms with Crippen molar-refractivity contribution >= 4 is 35.6 Å². The lowest BCUT2D eigenvalue weighted by atomic mass is 11.2. The highest BCUT2D eigenvalue weighted by atomic mass is 35.5. The molecule has 1 rings (SSSR count). The minimum absolute atomic E-state index is 0. The second-order valence-corrected chi connectivity index (χ2v) is 2.85. The number of rotatable bonds is 1. The summed E-state index contributed by atoms with van der Waals surface area (Å²) in [5.41, 5.74) is 6.33. The molecule has 62 valence electrons. The molecule has 0 radical (unpaired) electrons. The molecule has 1 aromatic rings. The van der Waals surface area contributed by atoms with Gasteiger partial charge in [0.15, 0.2) is 0 Å². The molecule has 0 atom stereocenters. The van der Waals surface area contributed by atoms with E-state index in [9.17, 15) is 0 Å². The normalized spacial score (nSPS) is 9.00. The van der Waals surface area contributed by atoms with Gasteiger partial charge in [-0.2, -0.15) is 0 Å². The summed E-state index contributed by atoms with van der Waals surface area (Å²) in [5, 5.41) is 1.26. The van der Waals surface area contributed by atoms with Gasteiger partial charge in [-0.25, -0.2) is 0 Å². The number of hydrogen-bond donors (Lipinski definition) is 1. The Morgan fingerprint density at radius 2 is 1.55 bits per heavy atom. The fourth-order valence-electron chi connectivity index (χ4n) is 0.729. The predicted molar refractivity (Wildman–Crippen MR) is 51.6 cm³/mol. The van der Waals surface area contributed by atoms with E-state index in [2.05, 4.69) is 0 Å². The minimum atomic E-state index is 0. The van der Waals surface area contributed by atoms with Crippen LogP contribution in [0.1, 0.15) is 5.56 Å². The molecule has 0 fully saturated rings. The van der Waals surface area contributed by atoms with Crippen molar-refractivity contribution in [2.24, 2.45) is 5.73 Å². The molecular formula is C7H8Cl3N. The van der Waals surface area contributed by atoms with Crippen molar-refractivity contribution in [2.45, 2.75) is 6.54 Å². The first kappa shape index (κ1) is 11.1. The fraction of sp³-hybridized carbons (Fsp3) is 0.143. The van der Waals surface area contributed by atoms with Crippen LogP contribution in [0.4, 0.5) is 0 Å². The lowest BCUT2D eigenvalue weighted by molar-refractivity contribution is 1.07. The van der Waals surface area contributed by atoms with E-state index in [1.165, 1.54) is 0 Å². The van der Waals surface area contributed by atoms with E-state index in [4.69, 9.17) is 28.9 Å². The Kier molecular flexibility index (Phi) is 4.86. The SMILES string of the molecule is Cl.N[13CH2][13c]1[13cH][13c](Cl)[13cH][13c](Cl)[13cH]1. The van der Waals surface area contributed by atoms with Gasteiger partial charge in [0.25, 0.3) is 0 Å². The van der Waals surface area contributed by atoms with Gasteiger partial charge in [0.05, 0.1) is 0 Å². The Morgan fingerprint density at radius 1 is 1.09 bits per heavy atom. The molecule has 1 aromatic carbocycles. The van der Waals surface area contributed by atoms with E-state index >= 15 is 0 Å². The van der Waals surface area contributed by atoms with Crippen molar-refractivity contribution in [1.82, 2.24) is 0 Å². The van der Waals surface area contributed by atoms with E-state index in [0.717, 1.165) is 5.56 Å². The van der Waals surface area contributed by atoms with Gasteiger partial charge in [0.1, 0.15) is 0 Å². The summed E-state index contributed by atoms with van der Waals surface area (Å²) in [5.74, 6) is 0. The zero-order valence-corrected chi connectivity index (χ0v) is 8.01. The summed E-state index contributed by atoms with van der Waals surface area (Å²) >= 11 is 11.4. The minimum Gasteiger partial charge on any atom is -0.326 e. The third-order valence-electron chi connectivity index (χ3n) is 1.16. The average Bonchev–Trinajstić information content (AvgIpc) is 1.85. The van der Waals surface area contributed by atoms with Gasteiger partial charge in [0.2, 0.25) is 0 Å². The fourth-order valence-corrected chi connectivity index (χ4v) is 1.30. The van der Waals surface area contributed by atoms with Crippen LogP contribution in [0.3, 0.4) is 0 Å². The number of nitrogens with two attached hydrogens (primary N) is 1. The van der Waals surface area contributed by atoms with Gasteiger partial charge < -0.3 is 5.73 Å². The molecule has 4 heteroatoms. The van der Waals surface area contributed by atoms with Gasteiger partial charge in [0, 0.05) is 16.6 Å². The maximum atomic E-state index is 5.69. The monoisotopic (exact) mass is 218 g/mol. The Bertz CT molecular complexity index is 217. The van der Waals surface area contributed by atoms with Crippen LogP contribution in [-0.2, 0) is 6.54 Å². The molecule has 0 amide bonds. The molecule has 0 saturated heterocycles. The number of halogens is 3. The molecule has 0 aliphatic heterocycles. The standard InChI is InChI=1S/C7H7Cl2N.ClH/c8-6-1-5(4-10)2-7(9)3-6;/h1-3H,4,10H2;1H/i1+1,2+1,3+1,4+1,5+1,6+1,7+1;. The van der Waals surface area contributed by atoms with Crippen LogP contribution in [0.25, 0.3) is 0 Å². The Morgan fingerprint density at radius 3 is 1.91 bits per heavy atom. The van der Waals surface area contributed by atoms with Crippen LogP contribution in [0, 0.1) is 0 Å². The predicted octanol–water partition coefficient (Wildman–Crippen LogP) is 2.87. The Labute approximate surface area is 81.9 Å². The maximum absolute atomic E-state index is 5.69. The summed E-state index contributed by atoms with van der Waals surface area (Å²) < 4.78 is 0. The smallest absolute Gasteiger partial charge is 0.0424 e. The average molecular weight is 219 g/mol. The molecule has 0 spiro atoms. The van der Waals surface area contributed by atoms with Gasteiger partial charge in [-0.15, -0.1) is 12.4 Å². The largest absolute Gasteiger partial charge is 0.326 e. The zero-order chi connectivity index (χ0) is 7.56. The van der Waals surface area contributed by atoms with Crippen LogP contribution in [0.2, 0.25) is 10.0 Å². The molecule has 0 heterocycles. The molecular weight excluding hydrogens is 211 g/mol.